The number of carbonyl (C=O) groups excluding carboxylic acids is 2. The molecule has 0 aliphatic heterocycles. The van der Waals surface area contributed by atoms with Gasteiger partial charge < -0.3 is 4.57 Å². The van der Waals surface area contributed by atoms with Gasteiger partial charge >= 0.3 is 0 Å². The number of nitrogens with zero attached hydrogens (tertiary/aromatic N) is 1. The van der Waals surface area contributed by atoms with Crippen LogP contribution >= 0.6 is 0 Å². The molecule has 1 aromatic carbocycles. The molecule has 1 heterocycles. The van der Waals surface area contributed by atoms with Gasteiger partial charge in [-0.25, -0.2) is 0 Å². The standard InChI is InChI=1S/C17H13NO2/c1-3-4-7-11-10-14-15(18(11)2)17(20)13-9-6-5-8-12(13)16(14)19/h5-6,8-10H,3H2,1-2H3. The zero-order valence-electron chi connectivity index (χ0n) is 11.4. The lowest BCUT2D eigenvalue weighted by Crippen LogP contribution is -2.22. The van der Waals surface area contributed by atoms with Crippen molar-refractivity contribution in [3.63, 3.8) is 0 Å². The molecule has 3 rings (SSSR count). The minimum atomic E-state index is -0.109. The van der Waals surface area contributed by atoms with E-state index in [-0.39, 0.29) is 11.6 Å². The zero-order valence-corrected chi connectivity index (χ0v) is 11.4. The smallest absolute Gasteiger partial charge is 0.210 e. The summed E-state index contributed by atoms with van der Waals surface area (Å²) in [6, 6.07) is 8.66. The number of ketones is 2. The molecule has 0 unspecified atom stereocenters. The van der Waals surface area contributed by atoms with Gasteiger partial charge in [-0.1, -0.05) is 37.1 Å². The molecule has 1 aliphatic carbocycles. The van der Waals surface area contributed by atoms with E-state index in [1.807, 2.05) is 6.92 Å². The van der Waals surface area contributed by atoms with Crippen molar-refractivity contribution >= 4 is 11.6 Å². The normalized spacial score (nSPS) is 12.5. The van der Waals surface area contributed by atoms with Crippen LogP contribution in [0.25, 0.3) is 0 Å². The average molecular weight is 263 g/mol. The van der Waals surface area contributed by atoms with E-state index in [4.69, 9.17) is 0 Å². The lowest BCUT2D eigenvalue weighted by Gasteiger charge is -2.15. The first kappa shape index (κ1) is 12.4. The highest BCUT2D eigenvalue weighted by atomic mass is 16.1. The van der Waals surface area contributed by atoms with Gasteiger partial charge in [0.2, 0.25) is 5.78 Å². The van der Waals surface area contributed by atoms with Crippen LogP contribution in [0, 0.1) is 11.8 Å². The molecule has 0 amide bonds. The Morgan fingerprint density at radius 2 is 1.70 bits per heavy atom. The summed E-state index contributed by atoms with van der Waals surface area (Å²) in [4.78, 5) is 25.0. The molecule has 3 nitrogen and oxygen atoms in total. The van der Waals surface area contributed by atoms with Gasteiger partial charge in [0, 0.05) is 24.6 Å². The van der Waals surface area contributed by atoms with Gasteiger partial charge in [-0.2, -0.15) is 0 Å². The van der Waals surface area contributed by atoms with Gasteiger partial charge in [0.15, 0.2) is 5.78 Å². The fraction of sp³-hybridized carbons (Fsp3) is 0.176. The summed E-state index contributed by atoms with van der Waals surface area (Å²) < 4.78 is 1.72. The molecular formula is C17H13NO2. The first-order valence-electron chi connectivity index (χ1n) is 6.52. The molecule has 0 fully saturated rings. The van der Waals surface area contributed by atoms with E-state index >= 15 is 0 Å². The van der Waals surface area contributed by atoms with E-state index in [2.05, 4.69) is 11.8 Å². The molecule has 1 aromatic heterocycles. The second-order valence-electron chi connectivity index (χ2n) is 4.71. The van der Waals surface area contributed by atoms with Crippen LogP contribution in [0.15, 0.2) is 30.3 Å². The Morgan fingerprint density at radius 1 is 1.05 bits per heavy atom. The molecule has 0 bridgehead atoms. The Labute approximate surface area is 117 Å². The fourth-order valence-corrected chi connectivity index (χ4v) is 2.50. The Morgan fingerprint density at radius 3 is 2.35 bits per heavy atom. The van der Waals surface area contributed by atoms with Gasteiger partial charge in [-0.15, -0.1) is 0 Å². The predicted molar refractivity (Wildman–Crippen MR) is 75.9 cm³/mol. The summed E-state index contributed by atoms with van der Waals surface area (Å²) in [6.07, 6.45) is 0.734. The van der Waals surface area contributed by atoms with Crippen LogP contribution in [-0.2, 0) is 7.05 Å². The number of fused-ring (bicyclic) bond motifs is 2. The van der Waals surface area contributed by atoms with Crippen molar-refractivity contribution in [3.8, 4) is 11.8 Å². The van der Waals surface area contributed by atoms with Crippen molar-refractivity contribution in [2.45, 2.75) is 13.3 Å². The quantitative estimate of drug-likeness (QED) is 0.585. The molecule has 2 aromatic rings. The molecule has 0 atom stereocenters. The molecule has 3 heteroatoms. The summed E-state index contributed by atoms with van der Waals surface area (Å²) in [6.45, 7) is 1.96. The van der Waals surface area contributed by atoms with Crippen molar-refractivity contribution in [1.82, 2.24) is 4.57 Å². The first-order chi connectivity index (χ1) is 9.65. The molecular weight excluding hydrogens is 250 g/mol. The van der Waals surface area contributed by atoms with E-state index in [9.17, 15) is 9.59 Å². The van der Waals surface area contributed by atoms with E-state index in [0.29, 0.717) is 28.1 Å². The fourth-order valence-electron chi connectivity index (χ4n) is 2.50. The largest absolute Gasteiger partial charge is 0.334 e. The Bertz CT molecular complexity index is 800. The van der Waals surface area contributed by atoms with Gasteiger partial charge in [0.25, 0.3) is 0 Å². The number of hydrogen-bond acceptors (Lipinski definition) is 2. The van der Waals surface area contributed by atoms with Crippen LogP contribution in [0.4, 0.5) is 0 Å². The van der Waals surface area contributed by atoms with Crippen LogP contribution in [0.3, 0.4) is 0 Å². The number of benzene rings is 1. The summed E-state index contributed by atoms with van der Waals surface area (Å²) in [7, 11) is 1.78. The Kier molecular flexibility index (Phi) is 2.80. The Balaban J connectivity index is 2.25. The van der Waals surface area contributed by atoms with Crippen molar-refractivity contribution < 1.29 is 9.59 Å². The molecule has 0 saturated heterocycles. The van der Waals surface area contributed by atoms with Gasteiger partial charge in [-0.3, -0.25) is 9.59 Å². The average Bonchev–Trinajstić information content (AvgIpc) is 2.80. The highest BCUT2D eigenvalue weighted by Crippen LogP contribution is 2.28. The van der Waals surface area contributed by atoms with Crippen LogP contribution in [0.1, 0.15) is 51.0 Å². The Hall–Kier alpha value is -2.60. The van der Waals surface area contributed by atoms with E-state index in [1.54, 1.807) is 41.9 Å². The predicted octanol–water partition coefficient (Wildman–Crippen LogP) is 2.56. The molecule has 20 heavy (non-hydrogen) atoms. The van der Waals surface area contributed by atoms with Crippen molar-refractivity contribution in [2.75, 3.05) is 0 Å². The third-order valence-corrected chi connectivity index (χ3v) is 3.50. The molecule has 98 valence electrons. The minimum absolute atomic E-state index is 0.102. The van der Waals surface area contributed by atoms with E-state index in [0.717, 1.165) is 6.42 Å². The number of aromatic nitrogens is 1. The zero-order chi connectivity index (χ0) is 14.3. The highest BCUT2D eigenvalue weighted by Gasteiger charge is 2.32. The molecule has 1 aliphatic rings. The topological polar surface area (TPSA) is 39.1 Å². The first-order valence-corrected chi connectivity index (χ1v) is 6.52. The van der Waals surface area contributed by atoms with Crippen LogP contribution in [-0.4, -0.2) is 16.1 Å². The highest BCUT2D eigenvalue weighted by molar-refractivity contribution is 6.28. The maximum absolute atomic E-state index is 12.5. The summed E-state index contributed by atoms with van der Waals surface area (Å²) in [5, 5.41) is 0. The monoisotopic (exact) mass is 263 g/mol. The lowest BCUT2D eigenvalue weighted by molar-refractivity contribution is 0.0974. The van der Waals surface area contributed by atoms with Crippen molar-refractivity contribution in [3.05, 3.63) is 58.4 Å². The maximum atomic E-state index is 12.5. The van der Waals surface area contributed by atoms with Crippen molar-refractivity contribution in [2.24, 2.45) is 7.05 Å². The van der Waals surface area contributed by atoms with Crippen LogP contribution in [0.2, 0.25) is 0 Å². The lowest BCUT2D eigenvalue weighted by atomic mass is 9.88. The van der Waals surface area contributed by atoms with E-state index in [1.165, 1.54) is 0 Å². The maximum Gasteiger partial charge on any atom is 0.210 e. The number of rotatable bonds is 0. The van der Waals surface area contributed by atoms with Crippen molar-refractivity contribution in [1.29, 1.82) is 0 Å². The molecule has 0 saturated carbocycles. The SMILES string of the molecule is CCC#Cc1cc2c(n1C)C(=O)c1ccccc1C2=O. The molecule has 0 spiro atoms. The number of carbonyl (C=O) groups is 2. The second-order valence-corrected chi connectivity index (χ2v) is 4.71. The summed E-state index contributed by atoms with van der Waals surface area (Å²) in [5.41, 5.74) is 2.55. The number of hydrogen-bond donors (Lipinski definition) is 0. The second kappa shape index (κ2) is 4.50. The molecule has 0 N–H and O–H groups in total. The summed E-state index contributed by atoms with van der Waals surface area (Å²) in [5.74, 6) is 5.76. The van der Waals surface area contributed by atoms with Gasteiger partial charge in [0.05, 0.1) is 11.3 Å². The van der Waals surface area contributed by atoms with Gasteiger partial charge in [-0.05, 0) is 12.0 Å². The van der Waals surface area contributed by atoms with E-state index < -0.39 is 0 Å². The minimum Gasteiger partial charge on any atom is -0.334 e. The van der Waals surface area contributed by atoms with Crippen LogP contribution < -0.4 is 0 Å². The summed E-state index contributed by atoms with van der Waals surface area (Å²) >= 11 is 0. The third-order valence-electron chi connectivity index (χ3n) is 3.50. The van der Waals surface area contributed by atoms with Crippen LogP contribution in [0.5, 0.6) is 0 Å². The van der Waals surface area contributed by atoms with Gasteiger partial charge in [0.1, 0.15) is 5.69 Å². The third kappa shape index (κ3) is 1.62. The molecule has 0 radical (unpaired) electrons.